The van der Waals surface area contributed by atoms with Crippen LogP contribution in [-0.4, -0.2) is 30.8 Å². The third kappa shape index (κ3) is 5.63. The first-order valence-corrected chi connectivity index (χ1v) is 13.1. The summed E-state index contributed by atoms with van der Waals surface area (Å²) in [5.41, 5.74) is 6.23. The Bertz CT molecular complexity index is 1770. The van der Waals surface area contributed by atoms with Crippen molar-refractivity contribution in [3.8, 4) is 11.8 Å². The van der Waals surface area contributed by atoms with Crippen LogP contribution in [0.3, 0.4) is 0 Å². The van der Waals surface area contributed by atoms with E-state index in [1.165, 1.54) is 23.1 Å². The van der Waals surface area contributed by atoms with Gasteiger partial charge in [0.2, 0.25) is 0 Å². The van der Waals surface area contributed by atoms with Crippen molar-refractivity contribution in [2.45, 2.75) is 19.1 Å². The van der Waals surface area contributed by atoms with Gasteiger partial charge in [-0.3, -0.25) is 9.36 Å². The molecular formula is C27H21F2IN8O2. The SMILES string of the molecule is N#Cc1ccn2nc(C(CCOCc3ccccc3)Nc3ncnc(N)c3I)n(-c3cc(F)cc(F)c3)c(=O)c12. The smallest absolute Gasteiger partial charge is 0.283 e. The Morgan fingerprint density at radius 1 is 1.12 bits per heavy atom. The molecule has 1 atom stereocenters. The number of fused-ring (bicyclic) bond motifs is 1. The number of nitrogens with two attached hydrogens (primary N) is 1. The van der Waals surface area contributed by atoms with Gasteiger partial charge in [-0.15, -0.1) is 0 Å². The molecule has 0 amide bonds. The summed E-state index contributed by atoms with van der Waals surface area (Å²) < 4.78 is 37.5. The van der Waals surface area contributed by atoms with E-state index in [9.17, 15) is 18.8 Å². The maximum Gasteiger partial charge on any atom is 0.283 e. The number of benzene rings is 2. The largest absolute Gasteiger partial charge is 0.383 e. The molecule has 3 N–H and O–H groups in total. The van der Waals surface area contributed by atoms with E-state index in [1.54, 1.807) is 0 Å². The summed E-state index contributed by atoms with van der Waals surface area (Å²) in [7, 11) is 0. The van der Waals surface area contributed by atoms with E-state index >= 15 is 0 Å². The van der Waals surface area contributed by atoms with Gasteiger partial charge in [0.1, 0.15) is 41.2 Å². The minimum Gasteiger partial charge on any atom is -0.383 e. The molecule has 0 spiro atoms. The normalized spacial score (nSPS) is 11.8. The molecule has 0 aliphatic rings. The topological polar surface area (TPSA) is 136 Å². The molecule has 13 heteroatoms. The fourth-order valence-electron chi connectivity index (χ4n) is 4.20. The molecule has 10 nitrogen and oxygen atoms in total. The Morgan fingerprint density at radius 2 is 1.88 bits per heavy atom. The minimum absolute atomic E-state index is 0.0316. The van der Waals surface area contributed by atoms with Gasteiger partial charge in [0, 0.05) is 18.9 Å². The van der Waals surface area contributed by atoms with Gasteiger partial charge in [0.15, 0.2) is 5.82 Å². The third-order valence-electron chi connectivity index (χ3n) is 6.04. The van der Waals surface area contributed by atoms with E-state index in [0.29, 0.717) is 22.1 Å². The summed E-state index contributed by atoms with van der Waals surface area (Å²) in [6.07, 6.45) is 3.04. The van der Waals surface area contributed by atoms with Gasteiger partial charge in [-0.25, -0.2) is 23.3 Å². The first kappa shape index (κ1) is 27.2. The molecule has 5 aromatic rings. The molecule has 3 aromatic heterocycles. The number of hydrogen-bond donors (Lipinski definition) is 2. The number of ether oxygens (including phenoxy) is 1. The highest BCUT2D eigenvalue weighted by molar-refractivity contribution is 14.1. The lowest BCUT2D eigenvalue weighted by Gasteiger charge is -2.23. The number of anilines is 2. The summed E-state index contributed by atoms with van der Waals surface area (Å²) in [6.45, 7) is 0.577. The van der Waals surface area contributed by atoms with Gasteiger partial charge in [-0.2, -0.15) is 10.4 Å². The quantitative estimate of drug-likeness (QED) is 0.177. The van der Waals surface area contributed by atoms with Gasteiger partial charge >= 0.3 is 0 Å². The number of rotatable bonds is 9. The van der Waals surface area contributed by atoms with Crippen molar-refractivity contribution in [2.75, 3.05) is 17.7 Å². The highest BCUT2D eigenvalue weighted by atomic mass is 127. The summed E-state index contributed by atoms with van der Waals surface area (Å²) in [5.74, 6) is -1.03. The van der Waals surface area contributed by atoms with Crippen LogP contribution in [0.2, 0.25) is 0 Å². The highest BCUT2D eigenvalue weighted by Crippen LogP contribution is 2.27. The lowest BCUT2D eigenvalue weighted by Crippen LogP contribution is -2.31. The van der Waals surface area contributed by atoms with Crippen molar-refractivity contribution in [1.29, 1.82) is 5.26 Å². The molecule has 1 unspecified atom stereocenters. The van der Waals surface area contributed by atoms with Crippen molar-refractivity contribution in [1.82, 2.24) is 24.1 Å². The van der Waals surface area contributed by atoms with E-state index in [1.807, 2.05) is 59.0 Å². The Hall–Kier alpha value is -4.42. The highest BCUT2D eigenvalue weighted by Gasteiger charge is 2.25. The van der Waals surface area contributed by atoms with Crippen LogP contribution < -0.4 is 16.6 Å². The molecular weight excluding hydrogens is 633 g/mol. The predicted molar refractivity (Wildman–Crippen MR) is 152 cm³/mol. The molecule has 0 radical (unpaired) electrons. The zero-order chi connectivity index (χ0) is 28.2. The maximum atomic E-state index is 14.3. The molecule has 0 aliphatic heterocycles. The van der Waals surface area contributed by atoms with Crippen LogP contribution in [0.25, 0.3) is 11.2 Å². The van der Waals surface area contributed by atoms with Crippen LogP contribution >= 0.6 is 22.6 Å². The van der Waals surface area contributed by atoms with E-state index in [0.717, 1.165) is 22.3 Å². The van der Waals surface area contributed by atoms with Gasteiger partial charge in [-0.1, -0.05) is 30.3 Å². The first-order chi connectivity index (χ1) is 19.4. The van der Waals surface area contributed by atoms with Crippen molar-refractivity contribution in [3.05, 3.63) is 110 Å². The Labute approximate surface area is 240 Å². The summed E-state index contributed by atoms with van der Waals surface area (Å²) in [4.78, 5) is 22.1. The van der Waals surface area contributed by atoms with Crippen LogP contribution in [-0.2, 0) is 11.3 Å². The number of nitrogens with one attached hydrogen (secondary N) is 1. The minimum atomic E-state index is -0.877. The van der Waals surface area contributed by atoms with Crippen molar-refractivity contribution >= 4 is 39.7 Å². The molecule has 3 heterocycles. The number of nitrogens with zero attached hydrogens (tertiary/aromatic N) is 6. The van der Waals surface area contributed by atoms with Gasteiger partial charge in [0.05, 0.1) is 27.5 Å². The molecule has 2 aromatic carbocycles. The van der Waals surface area contributed by atoms with E-state index in [-0.39, 0.29) is 41.4 Å². The number of nitrogen functional groups attached to an aromatic ring is 1. The maximum absolute atomic E-state index is 14.3. The predicted octanol–water partition coefficient (Wildman–Crippen LogP) is 4.37. The van der Waals surface area contributed by atoms with E-state index in [2.05, 4.69) is 20.4 Å². The van der Waals surface area contributed by atoms with E-state index < -0.39 is 23.2 Å². The van der Waals surface area contributed by atoms with Crippen molar-refractivity contribution in [2.24, 2.45) is 0 Å². The van der Waals surface area contributed by atoms with Gasteiger partial charge < -0.3 is 15.8 Å². The van der Waals surface area contributed by atoms with E-state index in [4.69, 9.17) is 10.5 Å². The second-order valence-electron chi connectivity index (χ2n) is 8.71. The first-order valence-electron chi connectivity index (χ1n) is 12.0. The van der Waals surface area contributed by atoms with Crippen molar-refractivity contribution in [3.63, 3.8) is 0 Å². The lowest BCUT2D eigenvalue weighted by molar-refractivity contribution is 0.114. The average molecular weight is 654 g/mol. The lowest BCUT2D eigenvalue weighted by atomic mass is 10.1. The molecule has 202 valence electrons. The number of hydrogen-bond acceptors (Lipinski definition) is 8. The standard InChI is InChI=1S/C27H21F2IN8O2/c28-18-10-19(29)12-20(11-18)38-26(36-37-8-6-17(13-31)23(37)27(38)39)21(35-25-22(30)24(32)33-15-34-25)7-9-40-14-16-4-2-1-3-5-16/h1-6,8,10-12,15,21H,7,9,14H2,(H3,32,33,34,35). The van der Waals surface area contributed by atoms with Crippen molar-refractivity contribution < 1.29 is 13.5 Å². The molecule has 5 rings (SSSR count). The molecule has 0 aliphatic carbocycles. The second-order valence-corrected chi connectivity index (χ2v) is 9.78. The van der Waals surface area contributed by atoms with Crippen LogP contribution in [0.4, 0.5) is 20.4 Å². The second kappa shape index (κ2) is 11.8. The third-order valence-corrected chi connectivity index (χ3v) is 7.10. The zero-order valence-corrected chi connectivity index (χ0v) is 22.9. The summed E-state index contributed by atoms with van der Waals surface area (Å²) >= 11 is 2.00. The Morgan fingerprint density at radius 3 is 2.60 bits per heavy atom. The molecule has 40 heavy (non-hydrogen) atoms. The Balaban J connectivity index is 1.63. The Kier molecular flexibility index (Phi) is 7.99. The fourth-order valence-corrected chi connectivity index (χ4v) is 4.63. The average Bonchev–Trinajstić information content (AvgIpc) is 3.36. The monoisotopic (exact) mass is 654 g/mol. The zero-order valence-electron chi connectivity index (χ0n) is 20.8. The van der Waals surface area contributed by atoms with Crippen LogP contribution in [0.1, 0.15) is 29.4 Å². The summed E-state index contributed by atoms with van der Waals surface area (Å²) in [5, 5.41) is 17.4. The number of halogens is 3. The van der Waals surface area contributed by atoms with Crippen LogP contribution in [0.15, 0.2) is 71.9 Å². The van der Waals surface area contributed by atoms with Gasteiger partial charge in [-0.05, 0) is 52.8 Å². The molecule has 0 saturated heterocycles. The number of aromatic nitrogens is 5. The summed E-state index contributed by atoms with van der Waals surface area (Å²) in [6, 6.07) is 15.0. The molecule has 0 fully saturated rings. The number of nitriles is 1. The molecule has 0 bridgehead atoms. The fraction of sp³-hybridized carbons (Fsp3) is 0.148. The van der Waals surface area contributed by atoms with Gasteiger partial charge in [0.25, 0.3) is 5.56 Å². The molecule has 0 saturated carbocycles. The van der Waals surface area contributed by atoms with Crippen LogP contribution in [0, 0.1) is 26.5 Å². The van der Waals surface area contributed by atoms with Crippen LogP contribution in [0.5, 0.6) is 0 Å².